The Kier molecular flexibility index (Phi) is 10.3. The monoisotopic (exact) mass is 594 g/mol. The lowest BCUT2D eigenvalue weighted by atomic mass is 10.0. The van der Waals surface area contributed by atoms with Crippen molar-refractivity contribution in [3.63, 3.8) is 0 Å². The zero-order valence-corrected chi connectivity index (χ0v) is 25.4. The number of cyclic esters (lactones) is 2. The van der Waals surface area contributed by atoms with Gasteiger partial charge in [0.05, 0.1) is 5.70 Å². The molecule has 2 saturated heterocycles. The molecule has 2 fully saturated rings. The number of carbonyl (C=O) groups excluding carboxylic acids is 4. The van der Waals surface area contributed by atoms with Gasteiger partial charge in [-0.3, -0.25) is 19.3 Å². The summed E-state index contributed by atoms with van der Waals surface area (Å²) < 4.78 is 16.9. The number of nitrogens with zero attached hydrogens (tertiary/aromatic N) is 2. The van der Waals surface area contributed by atoms with E-state index < -0.39 is 24.0 Å². The third-order valence-electron chi connectivity index (χ3n) is 7.76. The van der Waals surface area contributed by atoms with Crippen LogP contribution in [-0.2, 0) is 28.6 Å². The number of benzene rings is 1. The van der Waals surface area contributed by atoms with E-state index in [9.17, 15) is 19.2 Å². The fourth-order valence-electron chi connectivity index (χ4n) is 5.50. The fourth-order valence-corrected chi connectivity index (χ4v) is 5.50. The van der Waals surface area contributed by atoms with Gasteiger partial charge in [-0.15, -0.1) is 0 Å². The average molecular weight is 595 g/mol. The fraction of sp³-hybridized carbons (Fsp3) is 0.500. The average Bonchev–Trinajstić information content (AvgIpc) is 3.36. The van der Waals surface area contributed by atoms with Gasteiger partial charge < -0.3 is 29.7 Å². The van der Waals surface area contributed by atoms with Gasteiger partial charge in [0.1, 0.15) is 5.76 Å². The minimum Gasteiger partial charge on any atom is -0.476 e. The van der Waals surface area contributed by atoms with E-state index in [0.717, 1.165) is 24.9 Å². The molecule has 0 radical (unpaired) electrons. The Morgan fingerprint density at radius 3 is 2.60 bits per heavy atom. The Labute approximate surface area is 252 Å². The normalized spacial score (nSPS) is 24.1. The van der Waals surface area contributed by atoms with Gasteiger partial charge in [0, 0.05) is 44.2 Å². The molecule has 0 bridgehead atoms. The van der Waals surface area contributed by atoms with E-state index in [1.807, 2.05) is 30.3 Å². The van der Waals surface area contributed by atoms with E-state index in [0.29, 0.717) is 36.5 Å². The second kappa shape index (κ2) is 13.9. The second-order valence-electron chi connectivity index (χ2n) is 11.5. The Balaban J connectivity index is 1.42. The van der Waals surface area contributed by atoms with Gasteiger partial charge in [-0.1, -0.05) is 43.8 Å². The molecule has 0 aromatic heterocycles. The Morgan fingerprint density at radius 2 is 1.91 bits per heavy atom. The molecule has 0 spiro atoms. The van der Waals surface area contributed by atoms with Crippen LogP contribution >= 0.6 is 0 Å². The molecule has 3 aliphatic heterocycles. The number of hydrogen-bond donors (Lipinski definition) is 2. The number of rotatable bonds is 11. The largest absolute Gasteiger partial charge is 0.509 e. The first-order chi connectivity index (χ1) is 20.5. The first-order valence-electron chi connectivity index (χ1n) is 14.8. The van der Waals surface area contributed by atoms with Crippen LogP contribution in [0.3, 0.4) is 0 Å². The summed E-state index contributed by atoms with van der Waals surface area (Å²) in [5, 5.41) is 5.91. The van der Waals surface area contributed by atoms with Crippen molar-refractivity contribution in [2.24, 2.45) is 0 Å². The summed E-state index contributed by atoms with van der Waals surface area (Å²) in [5.74, 6) is -0.284. The SMILES string of the molecule is C=CC1=C(/C=C(\C)C(=O)N[C@@H]2CCCN(CC3OC(=O)OC3c3ccccc3)C2)N(CCNC(=O)CC)C(=O)C(C)(C)O1. The van der Waals surface area contributed by atoms with E-state index in [2.05, 4.69) is 22.1 Å². The van der Waals surface area contributed by atoms with Gasteiger partial charge in [-0.2, -0.15) is 0 Å². The molecule has 3 heterocycles. The minimum absolute atomic E-state index is 0.115. The molecule has 3 aliphatic rings. The van der Waals surface area contributed by atoms with Crippen LogP contribution < -0.4 is 10.6 Å². The number of nitrogens with one attached hydrogen (secondary N) is 2. The summed E-state index contributed by atoms with van der Waals surface area (Å²) in [7, 11) is 0. The summed E-state index contributed by atoms with van der Waals surface area (Å²) in [6, 6.07) is 9.41. The van der Waals surface area contributed by atoms with Crippen LogP contribution in [-0.4, -0.2) is 84.1 Å². The van der Waals surface area contributed by atoms with E-state index >= 15 is 0 Å². The number of piperidine rings is 1. The summed E-state index contributed by atoms with van der Waals surface area (Å²) in [6.07, 6.45) is 3.55. The van der Waals surface area contributed by atoms with Crippen LogP contribution in [0.15, 0.2) is 66.1 Å². The van der Waals surface area contributed by atoms with Crippen molar-refractivity contribution in [3.8, 4) is 0 Å². The van der Waals surface area contributed by atoms with Crippen molar-refractivity contribution in [1.29, 1.82) is 0 Å². The highest BCUT2D eigenvalue weighted by molar-refractivity contribution is 5.94. The molecule has 2 N–H and O–H groups in total. The quantitative estimate of drug-likeness (QED) is 0.295. The third kappa shape index (κ3) is 7.84. The zero-order valence-electron chi connectivity index (χ0n) is 25.4. The van der Waals surface area contributed by atoms with Crippen molar-refractivity contribution in [1.82, 2.24) is 20.4 Å². The van der Waals surface area contributed by atoms with Gasteiger partial charge in [-0.05, 0) is 57.9 Å². The Hall–Kier alpha value is -4.12. The highest BCUT2D eigenvalue weighted by Crippen LogP contribution is 2.32. The molecule has 0 aliphatic carbocycles. The molecule has 232 valence electrons. The van der Waals surface area contributed by atoms with Gasteiger partial charge in [-0.25, -0.2) is 4.79 Å². The first-order valence-corrected chi connectivity index (χ1v) is 14.8. The van der Waals surface area contributed by atoms with Crippen molar-refractivity contribution >= 4 is 23.9 Å². The van der Waals surface area contributed by atoms with E-state index in [1.54, 1.807) is 33.8 Å². The summed E-state index contributed by atoms with van der Waals surface area (Å²) in [5.41, 5.74) is 0.560. The number of likely N-dealkylation sites (tertiary alicyclic amines) is 1. The van der Waals surface area contributed by atoms with Gasteiger partial charge in [0.25, 0.3) is 5.91 Å². The minimum atomic E-state index is -1.13. The van der Waals surface area contributed by atoms with Crippen molar-refractivity contribution in [3.05, 3.63) is 71.7 Å². The molecule has 3 amide bonds. The maximum atomic E-state index is 13.3. The lowest BCUT2D eigenvalue weighted by molar-refractivity contribution is -0.151. The highest BCUT2D eigenvalue weighted by atomic mass is 16.8. The van der Waals surface area contributed by atoms with E-state index in [4.69, 9.17) is 14.2 Å². The van der Waals surface area contributed by atoms with Crippen LogP contribution in [0.4, 0.5) is 4.79 Å². The number of hydrogen-bond acceptors (Lipinski definition) is 8. The lowest BCUT2D eigenvalue weighted by Crippen LogP contribution is -2.52. The number of allylic oxidation sites excluding steroid dienone is 2. The first kappa shape index (κ1) is 31.8. The van der Waals surface area contributed by atoms with E-state index in [1.165, 1.54) is 11.0 Å². The topological polar surface area (TPSA) is 127 Å². The van der Waals surface area contributed by atoms with Crippen LogP contribution in [0.1, 0.15) is 58.6 Å². The molecule has 0 saturated carbocycles. The standard InChI is InChI=1S/C32H42N4O7/c1-6-25-24(36(17-15-33-27(37)7-2)30(39)32(4,5)43-25)18-21(3)29(38)34-23-14-11-16-35(19-23)20-26-28(42-31(40)41-26)22-12-9-8-10-13-22/h6,8-10,12-13,18,23,26,28H,1,7,11,14-17,19-20H2,2-5H3,(H,33,37)(H,34,38)/b21-18+/t23-,26?,28?/m1/s1. The summed E-state index contributed by atoms with van der Waals surface area (Å²) >= 11 is 0. The molecule has 3 atom stereocenters. The van der Waals surface area contributed by atoms with Crippen molar-refractivity contribution < 1.29 is 33.4 Å². The molecule has 43 heavy (non-hydrogen) atoms. The van der Waals surface area contributed by atoms with Gasteiger partial charge in [0.2, 0.25) is 11.8 Å². The molecule has 11 heteroatoms. The van der Waals surface area contributed by atoms with Crippen LogP contribution in [0.2, 0.25) is 0 Å². The second-order valence-corrected chi connectivity index (χ2v) is 11.5. The highest BCUT2D eigenvalue weighted by Gasteiger charge is 2.42. The Morgan fingerprint density at radius 1 is 1.16 bits per heavy atom. The molecular weight excluding hydrogens is 552 g/mol. The van der Waals surface area contributed by atoms with Crippen molar-refractivity contribution in [2.75, 3.05) is 32.7 Å². The molecule has 11 nitrogen and oxygen atoms in total. The van der Waals surface area contributed by atoms with Gasteiger partial charge >= 0.3 is 6.16 Å². The molecular formula is C32H42N4O7. The van der Waals surface area contributed by atoms with E-state index in [-0.39, 0.29) is 36.9 Å². The van der Waals surface area contributed by atoms with Crippen LogP contribution in [0.5, 0.6) is 0 Å². The predicted octanol–water partition coefficient (Wildman–Crippen LogP) is 3.35. The van der Waals surface area contributed by atoms with Crippen molar-refractivity contribution in [2.45, 2.75) is 70.8 Å². The zero-order chi connectivity index (χ0) is 31.1. The lowest BCUT2D eigenvalue weighted by Gasteiger charge is -2.39. The smallest absolute Gasteiger partial charge is 0.476 e. The molecule has 1 aromatic carbocycles. The molecule has 4 rings (SSSR count). The number of ether oxygens (including phenoxy) is 3. The third-order valence-corrected chi connectivity index (χ3v) is 7.76. The molecule has 2 unspecified atom stereocenters. The Bertz CT molecular complexity index is 1290. The number of carbonyl (C=O) groups is 4. The maximum absolute atomic E-state index is 13.3. The number of amides is 3. The van der Waals surface area contributed by atoms with Crippen LogP contribution in [0.25, 0.3) is 0 Å². The maximum Gasteiger partial charge on any atom is 0.509 e. The predicted molar refractivity (Wildman–Crippen MR) is 159 cm³/mol. The van der Waals surface area contributed by atoms with Crippen LogP contribution in [0, 0.1) is 0 Å². The summed E-state index contributed by atoms with van der Waals surface area (Å²) in [6.45, 7) is 13.0. The summed E-state index contributed by atoms with van der Waals surface area (Å²) in [4.78, 5) is 54.1. The van der Waals surface area contributed by atoms with Gasteiger partial charge in [0.15, 0.2) is 17.8 Å². The molecule has 1 aromatic rings.